The Balaban J connectivity index is 1.84. The van der Waals surface area contributed by atoms with Gasteiger partial charge >= 0.3 is 0 Å². The van der Waals surface area contributed by atoms with Gasteiger partial charge in [-0.3, -0.25) is 9.69 Å². The van der Waals surface area contributed by atoms with Crippen molar-refractivity contribution in [2.24, 2.45) is 0 Å². The summed E-state index contributed by atoms with van der Waals surface area (Å²) in [6.07, 6.45) is 3.88. The first-order chi connectivity index (χ1) is 11.1. The van der Waals surface area contributed by atoms with Crippen molar-refractivity contribution in [3.63, 3.8) is 0 Å². The molecule has 5 nitrogen and oxygen atoms in total. The number of carbonyl (C=O) groups excluding carboxylic acids is 1. The molecule has 0 radical (unpaired) electrons. The fourth-order valence-corrected chi connectivity index (χ4v) is 2.93. The number of rotatable bonds is 6. The number of ether oxygens (including phenoxy) is 2. The van der Waals surface area contributed by atoms with Gasteiger partial charge in [-0.15, -0.1) is 0 Å². The van der Waals surface area contributed by atoms with Crippen LogP contribution in [-0.2, 0) is 16.1 Å². The van der Waals surface area contributed by atoms with Crippen LogP contribution in [0.4, 0.5) is 0 Å². The van der Waals surface area contributed by atoms with E-state index < -0.39 is 0 Å². The zero-order chi connectivity index (χ0) is 16.4. The molecule has 1 aliphatic heterocycles. The van der Waals surface area contributed by atoms with E-state index in [1.165, 1.54) is 0 Å². The first-order valence-corrected chi connectivity index (χ1v) is 8.15. The van der Waals surface area contributed by atoms with Crippen LogP contribution in [-0.4, -0.2) is 35.7 Å². The third-order valence-corrected chi connectivity index (χ3v) is 4.20. The molecule has 0 aromatic heterocycles. The molecule has 1 amide bonds. The van der Waals surface area contributed by atoms with Crippen LogP contribution in [0.2, 0.25) is 0 Å². The number of hydrogen-bond acceptors (Lipinski definition) is 4. The van der Waals surface area contributed by atoms with Gasteiger partial charge in [0.1, 0.15) is 11.4 Å². The van der Waals surface area contributed by atoms with Crippen molar-refractivity contribution in [1.82, 2.24) is 10.2 Å². The van der Waals surface area contributed by atoms with Crippen LogP contribution in [0.5, 0.6) is 5.75 Å². The molecule has 2 aliphatic rings. The van der Waals surface area contributed by atoms with Crippen molar-refractivity contribution in [1.29, 1.82) is 0 Å². The predicted molar refractivity (Wildman–Crippen MR) is 91.9 cm³/mol. The highest BCUT2D eigenvalue weighted by atomic mass is 32.1. The average Bonchev–Trinajstić information content (AvgIpc) is 3.33. The molecule has 6 heteroatoms. The maximum Gasteiger partial charge on any atom is 0.276 e. The number of thiocarbonyl (C=S) groups is 1. The first-order valence-electron chi connectivity index (χ1n) is 7.75. The molecule has 1 aromatic rings. The van der Waals surface area contributed by atoms with E-state index in [4.69, 9.17) is 21.7 Å². The maximum atomic E-state index is 12.4. The quantitative estimate of drug-likeness (QED) is 0.640. The van der Waals surface area contributed by atoms with Gasteiger partial charge in [0.2, 0.25) is 0 Å². The van der Waals surface area contributed by atoms with Gasteiger partial charge in [0.25, 0.3) is 5.91 Å². The predicted octanol–water partition coefficient (Wildman–Crippen LogP) is 2.45. The molecule has 0 unspecified atom stereocenters. The topological polar surface area (TPSA) is 50.8 Å². The minimum Gasteiger partial charge on any atom is -0.496 e. The Hall–Kier alpha value is -1.92. The molecule has 3 rings (SSSR count). The van der Waals surface area contributed by atoms with Gasteiger partial charge in [-0.1, -0.05) is 6.07 Å². The Labute approximate surface area is 141 Å². The number of benzene rings is 1. The lowest BCUT2D eigenvalue weighted by atomic mass is 10.1. The Kier molecular flexibility index (Phi) is 4.63. The molecule has 1 saturated carbocycles. The van der Waals surface area contributed by atoms with Crippen LogP contribution in [0.25, 0.3) is 6.08 Å². The fraction of sp³-hybridized carbons (Fsp3) is 0.412. The van der Waals surface area contributed by atoms with E-state index in [1.54, 1.807) is 12.0 Å². The molecule has 2 fully saturated rings. The van der Waals surface area contributed by atoms with E-state index in [2.05, 4.69) is 5.32 Å². The summed E-state index contributed by atoms with van der Waals surface area (Å²) in [7, 11) is 1.64. The highest BCUT2D eigenvalue weighted by Gasteiger charge is 2.41. The van der Waals surface area contributed by atoms with Gasteiger partial charge in [0, 0.05) is 18.2 Å². The van der Waals surface area contributed by atoms with Crippen LogP contribution in [0.1, 0.15) is 30.9 Å². The summed E-state index contributed by atoms with van der Waals surface area (Å²) in [4.78, 5) is 14.1. The van der Waals surface area contributed by atoms with Crippen LogP contribution in [0.3, 0.4) is 0 Å². The third kappa shape index (κ3) is 3.38. The van der Waals surface area contributed by atoms with Gasteiger partial charge in [-0.2, -0.15) is 0 Å². The van der Waals surface area contributed by atoms with Crippen LogP contribution >= 0.6 is 12.2 Å². The number of nitrogens with zero attached hydrogens (tertiary/aromatic N) is 1. The van der Waals surface area contributed by atoms with E-state index in [0.29, 0.717) is 24.0 Å². The second-order valence-electron chi connectivity index (χ2n) is 5.60. The smallest absolute Gasteiger partial charge is 0.276 e. The molecule has 0 bridgehead atoms. The lowest BCUT2D eigenvalue weighted by molar-refractivity contribution is -0.122. The van der Waals surface area contributed by atoms with E-state index >= 15 is 0 Å². The second kappa shape index (κ2) is 6.68. The third-order valence-electron chi connectivity index (χ3n) is 3.90. The first kappa shape index (κ1) is 16.0. The molecule has 1 aliphatic carbocycles. The number of methoxy groups -OCH3 is 1. The normalized spacial score (nSPS) is 19.4. The van der Waals surface area contributed by atoms with Crippen LogP contribution in [0.15, 0.2) is 23.9 Å². The SMILES string of the molecule is CCOCc1cc(/C=C2/NC(=S)N(C3CC3)C2=O)ccc1OC. The van der Waals surface area contributed by atoms with Crippen molar-refractivity contribution >= 4 is 29.3 Å². The van der Waals surface area contributed by atoms with Crippen molar-refractivity contribution in [3.8, 4) is 5.75 Å². The lowest BCUT2D eigenvalue weighted by Crippen LogP contribution is -2.32. The molecule has 122 valence electrons. The summed E-state index contributed by atoms with van der Waals surface area (Å²) in [6.45, 7) is 3.07. The van der Waals surface area contributed by atoms with Crippen molar-refractivity contribution < 1.29 is 14.3 Å². The summed E-state index contributed by atoms with van der Waals surface area (Å²) in [5.41, 5.74) is 2.39. The zero-order valence-electron chi connectivity index (χ0n) is 13.3. The average molecular weight is 332 g/mol. The minimum absolute atomic E-state index is 0.0420. The molecule has 0 spiro atoms. The summed E-state index contributed by atoms with van der Waals surface area (Å²) in [5.74, 6) is 0.737. The van der Waals surface area contributed by atoms with Crippen LogP contribution in [0, 0.1) is 0 Å². The Morgan fingerprint density at radius 3 is 2.87 bits per heavy atom. The van der Waals surface area contributed by atoms with Gasteiger partial charge < -0.3 is 14.8 Å². The monoisotopic (exact) mass is 332 g/mol. The van der Waals surface area contributed by atoms with Gasteiger partial charge in [-0.05, 0) is 55.8 Å². The van der Waals surface area contributed by atoms with E-state index in [9.17, 15) is 4.79 Å². The highest BCUT2D eigenvalue weighted by molar-refractivity contribution is 7.80. The molecule has 23 heavy (non-hydrogen) atoms. The minimum atomic E-state index is -0.0420. The van der Waals surface area contributed by atoms with Gasteiger partial charge in [0.05, 0.1) is 13.7 Å². The van der Waals surface area contributed by atoms with Crippen molar-refractivity contribution in [3.05, 3.63) is 35.0 Å². The number of hydrogen-bond donors (Lipinski definition) is 1. The van der Waals surface area contributed by atoms with Crippen molar-refractivity contribution in [2.45, 2.75) is 32.4 Å². The Morgan fingerprint density at radius 2 is 2.22 bits per heavy atom. The zero-order valence-corrected chi connectivity index (χ0v) is 14.1. The van der Waals surface area contributed by atoms with Crippen molar-refractivity contribution in [2.75, 3.05) is 13.7 Å². The summed E-state index contributed by atoms with van der Waals surface area (Å²) in [6, 6.07) is 6.05. The molecule has 1 N–H and O–H groups in total. The molecular formula is C17H20N2O3S. The van der Waals surface area contributed by atoms with E-state index in [0.717, 1.165) is 29.7 Å². The van der Waals surface area contributed by atoms with E-state index in [-0.39, 0.29) is 11.9 Å². The second-order valence-corrected chi connectivity index (χ2v) is 5.99. The number of amides is 1. The largest absolute Gasteiger partial charge is 0.496 e. The highest BCUT2D eigenvalue weighted by Crippen LogP contribution is 2.31. The molecule has 1 saturated heterocycles. The number of nitrogens with one attached hydrogen (secondary N) is 1. The lowest BCUT2D eigenvalue weighted by Gasteiger charge is -2.11. The fourth-order valence-electron chi connectivity index (χ4n) is 2.59. The van der Waals surface area contributed by atoms with Crippen LogP contribution < -0.4 is 10.1 Å². The molecule has 1 heterocycles. The van der Waals surface area contributed by atoms with E-state index in [1.807, 2.05) is 31.2 Å². The number of carbonyl (C=O) groups is 1. The maximum absolute atomic E-state index is 12.4. The molecule has 1 aromatic carbocycles. The Bertz CT molecular complexity index is 668. The Morgan fingerprint density at radius 1 is 1.43 bits per heavy atom. The van der Waals surface area contributed by atoms with Gasteiger partial charge in [0.15, 0.2) is 5.11 Å². The standard InChI is InChI=1S/C17H20N2O3S/c1-3-22-10-12-8-11(4-7-15(12)21-2)9-14-16(20)19(13-5-6-13)17(23)18-14/h4,7-9,13H,3,5-6,10H2,1-2H3,(H,18,23)/b14-9+. The summed E-state index contributed by atoms with van der Waals surface area (Å²) >= 11 is 5.26. The summed E-state index contributed by atoms with van der Waals surface area (Å²) in [5, 5.41) is 3.53. The summed E-state index contributed by atoms with van der Waals surface area (Å²) < 4.78 is 10.8. The molecule has 0 atom stereocenters. The van der Waals surface area contributed by atoms with Gasteiger partial charge in [-0.25, -0.2) is 0 Å². The molecular weight excluding hydrogens is 312 g/mol.